The molecule has 2 rings (SSSR count). The lowest BCUT2D eigenvalue weighted by atomic mass is 9.99. The first kappa shape index (κ1) is 16.0. The number of halogens is 2. The van der Waals surface area contributed by atoms with Crippen LogP contribution in [-0.4, -0.2) is 6.54 Å². The summed E-state index contributed by atoms with van der Waals surface area (Å²) in [5, 5.41) is 4.40. The number of rotatable bonds is 5. The summed E-state index contributed by atoms with van der Waals surface area (Å²) in [6, 6.07) is 8.60. The summed E-state index contributed by atoms with van der Waals surface area (Å²) in [4.78, 5) is 2.72. The van der Waals surface area contributed by atoms with Crippen LogP contribution in [0.1, 0.15) is 40.3 Å². The molecule has 0 amide bonds. The minimum absolute atomic E-state index is 0.204. The van der Waals surface area contributed by atoms with Gasteiger partial charge in [-0.25, -0.2) is 0 Å². The van der Waals surface area contributed by atoms with Crippen molar-refractivity contribution >= 4 is 38.9 Å². The van der Waals surface area contributed by atoms with Gasteiger partial charge in [0, 0.05) is 19.2 Å². The number of hydrogen-bond donors (Lipinski definition) is 1. The molecule has 0 aliphatic rings. The van der Waals surface area contributed by atoms with Gasteiger partial charge in [-0.05, 0) is 62.2 Å². The van der Waals surface area contributed by atoms with Crippen molar-refractivity contribution in [1.29, 1.82) is 0 Å². The van der Waals surface area contributed by atoms with Crippen molar-refractivity contribution in [2.75, 3.05) is 6.54 Å². The molecule has 1 aromatic carbocycles. The molecule has 1 heterocycles. The lowest BCUT2D eigenvalue weighted by molar-refractivity contribution is 0.598. The Morgan fingerprint density at radius 2 is 2.00 bits per heavy atom. The summed E-state index contributed by atoms with van der Waals surface area (Å²) in [6.07, 6.45) is 1.11. The van der Waals surface area contributed by atoms with Crippen LogP contribution in [0.5, 0.6) is 0 Å². The molecule has 1 nitrogen and oxygen atoms in total. The predicted octanol–water partition coefficient (Wildman–Crippen LogP) is 5.87. The van der Waals surface area contributed by atoms with E-state index in [1.807, 2.05) is 23.5 Å². The molecule has 0 spiro atoms. The Labute approximate surface area is 138 Å². The molecule has 0 saturated carbocycles. The quantitative estimate of drug-likeness (QED) is 0.692. The van der Waals surface area contributed by atoms with Crippen molar-refractivity contribution in [2.45, 2.75) is 33.2 Å². The molecule has 0 fully saturated rings. The third-order valence-electron chi connectivity index (χ3n) is 3.21. The summed E-state index contributed by atoms with van der Waals surface area (Å²) in [6.45, 7) is 7.52. The van der Waals surface area contributed by atoms with Crippen LogP contribution in [0, 0.1) is 13.8 Å². The van der Waals surface area contributed by atoms with E-state index in [2.05, 4.69) is 54.2 Å². The fourth-order valence-corrected chi connectivity index (χ4v) is 4.22. The Balaban J connectivity index is 2.43. The molecule has 108 valence electrons. The van der Waals surface area contributed by atoms with Gasteiger partial charge in [0.05, 0.1) is 6.04 Å². The Bertz CT molecular complexity index is 574. The summed E-state index contributed by atoms with van der Waals surface area (Å²) in [5.41, 5.74) is 2.56. The van der Waals surface area contributed by atoms with E-state index in [1.54, 1.807) is 0 Å². The van der Waals surface area contributed by atoms with Crippen molar-refractivity contribution in [3.8, 4) is 0 Å². The molecule has 20 heavy (non-hydrogen) atoms. The van der Waals surface area contributed by atoms with Gasteiger partial charge >= 0.3 is 0 Å². The van der Waals surface area contributed by atoms with E-state index >= 15 is 0 Å². The Morgan fingerprint density at radius 1 is 1.25 bits per heavy atom. The van der Waals surface area contributed by atoms with E-state index in [9.17, 15) is 0 Å². The van der Waals surface area contributed by atoms with E-state index in [4.69, 9.17) is 11.6 Å². The summed E-state index contributed by atoms with van der Waals surface area (Å²) in [7, 11) is 0. The fraction of sp³-hybridized carbons (Fsp3) is 0.375. The first-order valence-corrected chi connectivity index (χ1v) is 8.76. The van der Waals surface area contributed by atoms with Gasteiger partial charge in [-0.15, -0.1) is 11.3 Å². The number of nitrogens with one attached hydrogen (secondary N) is 1. The van der Waals surface area contributed by atoms with Crippen LogP contribution in [0.2, 0.25) is 5.02 Å². The van der Waals surface area contributed by atoms with Gasteiger partial charge in [0.1, 0.15) is 0 Å². The Morgan fingerprint density at radius 3 is 2.55 bits per heavy atom. The summed E-state index contributed by atoms with van der Waals surface area (Å²) in [5.74, 6) is 0. The third-order valence-corrected chi connectivity index (χ3v) is 4.86. The average molecular weight is 373 g/mol. The fourth-order valence-electron chi connectivity index (χ4n) is 2.37. The Hall–Kier alpha value is -0.350. The van der Waals surface area contributed by atoms with Gasteiger partial charge in [0.15, 0.2) is 0 Å². The van der Waals surface area contributed by atoms with Crippen LogP contribution in [0.25, 0.3) is 0 Å². The maximum absolute atomic E-state index is 6.21. The first-order valence-electron chi connectivity index (χ1n) is 6.77. The zero-order valence-electron chi connectivity index (χ0n) is 12.0. The molecule has 0 aliphatic carbocycles. The second-order valence-electron chi connectivity index (χ2n) is 4.96. The van der Waals surface area contributed by atoms with Crippen molar-refractivity contribution in [1.82, 2.24) is 5.32 Å². The molecule has 2 aromatic rings. The van der Waals surface area contributed by atoms with E-state index < -0.39 is 0 Å². The number of thiophene rings is 1. The normalized spacial score (nSPS) is 12.7. The van der Waals surface area contributed by atoms with Crippen molar-refractivity contribution in [2.24, 2.45) is 0 Å². The van der Waals surface area contributed by atoms with Crippen LogP contribution >= 0.6 is 38.9 Å². The van der Waals surface area contributed by atoms with Crippen molar-refractivity contribution in [3.63, 3.8) is 0 Å². The lowest BCUT2D eigenvalue weighted by Crippen LogP contribution is -2.23. The van der Waals surface area contributed by atoms with Gasteiger partial charge < -0.3 is 5.32 Å². The summed E-state index contributed by atoms with van der Waals surface area (Å²) >= 11 is 11.6. The first-order chi connectivity index (χ1) is 9.51. The maximum Gasteiger partial charge on any atom is 0.0588 e. The molecule has 1 N–H and O–H groups in total. The second kappa shape index (κ2) is 7.08. The Kier molecular flexibility index (Phi) is 5.67. The van der Waals surface area contributed by atoms with Gasteiger partial charge in [-0.3, -0.25) is 0 Å². The van der Waals surface area contributed by atoms with Crippen molar-refractivity contribution in [3.05, 3.63) is 54.6 Å². The van der Waals surface area contributed by atoms with Crippen LogP contribution < -0.4 is 5.32 Å². The third kappa shape index (κ3) is 3.85. The standard InChI is InChI=1S/C16H19BrClNS/c1-4-5-19-16(15-6-10(2)20-11(15)3)12-7-13(17)9-14(18)8-12/h6-9,16,19H,4-5H2,1-3H3. The van der Waals surface area contributed by atoms with Gasteiger partial charge in [0.25, 0.3) is 0 Å². The number of benzene rings is 1. The smallest absolute Gasteiger partial charge is 0.0588 e. The molecule has 1 aromatic heterocycles. The molecular weight excluding hydrogens is 354 g/mol. The monoisotopic (exact) mass is 371 g/mol. The van der Waals surface area contributed by atoms with Crippen LogP contribution in [0.3, 0.4) is 0 Å². The summed E-state index contributed by atoms with van der Waals surface area (Å²) < 4.78 is 1.02. The van der Waals surface area contributed by atoms with Crippen LogP contribution in [-0.2, 0) is 0 Å². The van der Waals surface area contributed by atoms with Crippen LogP contribution in [0.15, 0.2) is 28.7 Å². The molecule has 0 saturated heterocycles. The molecule has 4 heteroatoms. The largest absolute Gasteiger partial charge is 0.306 e. The minimum Gasteiger partial charge on any atom is -0.306 e. The number of aryl methyl sites for hydroxylation is 2. The van der Waals surface area contributed by atoms with E-state index in [-0.39, 0.29) is 6.04 Å². The maximum atomic E-state index is 6.21. The highest BCUT2D eigenvalue weighted by Gasteiger charge is 2.18. The van der Waals surface area contributed by atoms with Crippen LogP contribution in [0.4, 0.5) is 0 Å². The predicted molar refractivity (Wildman–Crippen MR) is 93.1 cm³/mol. The zero-order valence-corrected chi connectivity index (χ0v) is 15.1. The average Bonchev–Trinajstić information content (AvgIpc) is 2.68. The topological polar surface area (TPSA) is 12.0 Å². The highest BCUT2D eigenvalue weighted by atomic mass is 79.9. The van der Waals surface area contributed by atoms with E-state index in [1.165, 1.54) is 20.9 Å². The molecule has 0 bridgehead atoms. The highest BCUT2D eigenvalue weighted by molar-refractivity contribution is 9.10. The molecule has 0 radical (unpaired) electrons. The molecule has 1 atom stereocenters. The zero-order chi connectivity index (χ0) is 14.7. The molecule has 1 unspecified atom stereocenters. The molecule has 0 aliphatic heterocycles. The minimum atomic E-state index is 0.204. The van der Waals surface area contributed by atoms with Gasteiger partial charge in [-0.1, -0.05) is 34.5 Å². The van der Waals surface area contributed by atoms with Crippen molar-refractivity contribution < 1.29 is 0 Å². The number of hydrogen-bond acceptors (Lipinski definition) is 2. The SMILES string of the molecule is CCCNC(c1cc(Cl)cc(Br)c1)c1cc(C)sc1C. The second-order valence-corrected chi connectivity index (χ2v) is 7.77. The lowest BCUT2D eigenvalue weighted by Gasteiger charge is -2.20. The molecular formula is C16H19BrClNS. The highest BCUT2D eigenvalue weighted by Crippen LogP contribution is 2.33. The van der Waals surface area contributed by atoms with Gasteiger partial charge in [-0.2, -0.15) is 0 Å². The van der Waals surface area contributed by atoms with E-state index in [0.29, 0.717) is 0 Å². The van der Waals surface area contributed by atoms with Gasteiger partial charge in [0.2, 0.25) is 0 Å². The van der Waals surface area contributed by atoms with E-state index in [0.717, 1.165) is 22.5 Å².